The molecular weight excluding hydrogens is 298 g/mol. The summed E-state index contributed by atoms with van der Waals surface area (Å²) in [6, 6.07) is 0. The van der Waals surface area contributed by atoms with Crippen LogP contribution in [0.15, 0.2) is 12.8 Å². The second kappa shape index (κ2) is 19.4. The lowest BCUT2D eigenvalue weighted by molar-refractivity contribution is -0.00582. The van der Waals surface area contributed by atoms with Gasteiger partial charge in [-0.05, 0) is 32.9 Å². The van der Waals surface area contributed by atoms with E-state index in [1.165, 1.54) is 0 Å². The Hall–Kier alpha value is -0.660. The van der Waals surface area contributed by atoms with Crippen molar-refractivity contribution < 1.29 is 23.7 Å². The van der Waals surface area contributed by atoms with Crippen molar-refractivity contribution in [2.45, 2.75) is 32.8 Å². The fourth-order valence-corrected chi connectivity index (χ4v) is 1.62. The number of ether oxygens (including phenoxy) is 5. The van der Waals surface area contributed by atoms with Gasteiger partial charge in [0.1, 0.15) is 0 Å². The molecular formula is C17H35NO5. The Bertz CT molecular complexity index is 239. The molecule has 0 saturated heterocycles. The summed E-state index contributed by atoms with van der Waals surface area (Å²) in [7, 11) is 0. The summed E-state index contributed by atoms with van der Waals surface area (Å²) >= 11 is 0. The minimum atomic E-state index is 0.290. The third-order valence-electron chi connectivity index (χ3n) is 2.75. The van der Waals surface area contributed by atoms with Crippen LogP contribution in [0.2, 0.25) is 0 Å². The number of hydrogen-bond donors (Lipinski definition) is 1. The number of nitrogens with one attached hydrogen (secondary N) is 1. The van der Waals surface area contributed by atoms with E-state index in [0.29, 0.717) is 46.2 Å². The van der Waals surface area contributed by atoms with Crippen LogP contribution in [0.25, 0.3) is 0 Å². The molecule has 6 nitrogen and oxygen atoms in total. The maximum absolute atomic E-state index is 5.44. The molecule has 0 spiro atoms. The fourth-order valence-electron chi connectivity index (χ4n) is 1.62. The molecule has 0 radical (unpaired) electrons. The molecule has 0 atom stereocenters. The average Bonchev–Trinajstić information content (AvgIpc) is 2.53. The zero-order valence-corrected chi connectivity index (χ0v) is 14.9. The third kappa shape index (κ3) is 21.3. The van der Waals surface area contributed by atoms with Gasteiger partial charge < -0.3 is 29.0 Å². The number of rotatable bonds is 19. The van der Waals surface area contributed by atoms with E-state index in [4.69, 9.17) is 23.7 Å². The Kier molecular flexibility index (Phi) is 18.8. The maximum Gasteiger partial charge on any atom is 0.0701 e. The van der Waals surface area contributed by atoms with Crippen LogP contribution in [0, 0.1) is 0 Å². The molecule has 1 N–H and O–H groups in total. The Morgan fingerprint density at radius 2 is 1.22 bits per heavy atom. The highest BCUT2D eigenvalue weighted by molar-refractivity contribution is 4.61. The molecule has 0 bridgehead atoms. The lowest BCUT2D eigenvalue weighted by atomic mass is 10.4. The quantitative estimate of drug-likeness (QED) is 0.365. The van der Waals surface area contributed by atoms with Gasteiger partial charge in [-0.2, -0.15) is 0 Å². The minimum Gasteiger partial charge on any atom is -0.391 e. The summed E-state index contributed by atoms with van der Waals surface area (Å²) in [5.74, 6) is 0. The van der Waals surface area contributed by atoms with Crippen molar-refractivity contribution in [1.29, 1.82) is 0 Å². The predicted octanol–water partition coefficient (Wildman–Crippen LogP) is 1.99. The molecule has 138 valence electrons. The van der Waals surface area contributed by atoms with Gasteiger partial charge in [0.25, 0.3) is 0 Å². The topological polar surface area (TPSA) is 58.2 Å². The van der Waals surface area contributed by atoms with E-state index in [1.54, 1.807) is 6.20 Å². The first-order valence-electron chi connectivity index (χ1n) is 8.54. The SMILES string of the molecule is C=CNCCCOCCOCCOCCOCCCOC(C)C. The van der Waals surface area contributed by atoms with Crippen LogP contribution in [-0.4, -0.2) is 72.1 Å². The average molecular weight is 333 g/mol. The van der Waals surface area contributed by atoms with Gasteiger partial charge in [-0.15, -0.1) is 0 Å². The van der Waals surface area contributed by atoms with Gasteiger partial charge in [0, 0.05) is 26.4 Å². The van der Waals surface area contributed by atoms with Gasteiger partial charge in [0.15, 0.2) is 0 Å². The Labute approximate surface area is 141 Å². The van der Waals surface area contributed by atoms with Crippen LogP contribution in [-0.2, 0) is 23.7 Å². The summed E-state index contributed by atoms with van der Waals surface area (Å²) in [5, 5.41) is 3.02. The second-order valence-corrected chi connectivity index (χ2v) is 5.23. The molecule has 23 heavy (non-hydrogen) atoms. The van der Waals surface area contributed by atoms with Gasteiger partial charge in [0.05, 0.1) is 45.7 Å². The molecule has 0 aliphatic rings. The van der Waals surface area contributed by atoms with Crippen molar-refractivity contribution in [2.24, 2.45) is 0 Å². The van der Waals surface area contributed by atoms with E-state index in [1.807, 2.05) is 13.8 Å². The summed E-state index contributed by atoms with van der Waals surface area (Å²) < 4.78 is 27.1. The lowest BCUT2D eigenvalue weighted by Crippen LogP contribution is -2.14. The van der Waals surface area contributed by atoms with Crippen molar-refractivity contribution in [3.63, 3.8) is 0 Å². The summed E-state index contributed by atoms with van der Waals surface area (Å²) in [6.07, 6.45) is 3.87. The standard InChI is InChI=1S/C17H35NO5/c1-4-18-7-5-8-19-11-13-21-15-16-22-14-12-20-9-6-10-23-17(2)3/h4,17-18H,1,5-16H2,2-3H3. The van der Waals surface area contributed by atoms with E-state index >= 15 is 0 Å². The molecule has 0 heterocycles. The van der Waals surface area contributed by atoms with E-state index in [2.05, 4.69) is 11.9 Å². The van der Waals surface area contributed by atoms with Gasteiger partial charge in [-0.3, -0.25) is 0 Å². The Morgan fingerprint density at radius 3 is 1.70 bits per heavy atom. The maximum atomic E-state index is 5.44. The van der Waals surface area contributed by atoms with E-state index in [0.717, 1.165) is 32.6 Å². The highest BCUT2D eigenvalue weighted by Crippen LogP contribution is 1.91. The van der Waals surface area contributed by atoms with Crippen molar-refractivity contribution in [1.82, 2.24) is 5.32 Å². The molecule has 0 saturated carbocycles. The van der Waals surface area contributed by atoms with E-state index in [9.17, 15) is 0 Å². The van der Waals surface area contributed by atoms with Crippen LogP contribution >= 0.6 is 0 Å². The monoisotopic (exact) mass is 333 g/mol. The molecule has 0 aliphatic heterocycles. The highest BCUT2D eigenvalue weighted by Gasteiger charge is 1.95. The van der Waals surface area contributed by atoms with Crippen LogP contribution in [0.3, 0.4) is 0 Å². The largest absolute Gasteiger partial charge is 0.391 e. The molecule has 0 aromatic carbocycles. The molecule has 0 amide bonds. The summed E-state index contributed by atoms with van der Waals surface area (Å²) in [4.78, 5) is 0. The van der Waals surface area contributed by atoms with Crippen molar-refractivity contribution >= 4 is 0 Å². The van der Waals surface area contributed by atoms with Crippen molar-refractivity contribution in [3.05, 3.63) is 12.8 Å². The predicted molar refractivity (Wildman–Crippen MR) is 91.8 cm³/mol. The minimum absolute atomic E-state index is 0.290. The van der Waals surface area contributed by atoms with Gasteiger partial charge in [-0.25, -0.2) is 0 Å². The van der Waals surface area contributed by atoms with Crippen LogP contribution < -0.4 is 5.32 Å². The van der Waals surface area contributed by atoms with Gasteiger partial charge in [-0.1, -0.05) is 6.58 Å². The first kappa shape index (κ1) is 22.3. The van der Waals surface area contributed by atoms with E-state index in [-0.39, 0.29) is 6.10 Å². The summed E-state index contributed by atoms with van der Waals surface area (Å²) in [5.41, 5.74) is 0. The summed E-state index contributed by atoms with van der Waals surface area (Å²) in [6.45, 7) is 14.3. The first-order chi connectivity index (χ1) is 11.3. The molecule has 0 rings (SSSR count). The van der Waals surface area contributed by atoms with Crippen LogP contribution in [0.1, 0.15) is 26.7 Å². The molecule has 0 aromatic heterocycles. The molecule has 0 unspecified atom stereocenters. The van der Waals surface area contributed by atoms with E-state index < -0.39 is 0 Å². The van der Waals surface area contributed by atoms with Gasteiger partial charge >= 0.3 is 0 Å². The number of hydrogen-bond acceptors (Lipinski definition) is 6. The van der Waals surface area contributed by atoms with Crippen LogP contribution in [0.4, 0.5) is 0 Å². The highest BCUT2D eigenvalue weighted by atomic mass is 16.6. The molecule has 0 aromatic rings. The van der Waals surface area contributed by atoms with Crippen LogP contribution in [0.5, 0.6) is 0 Å². The molecule has 0 aliphatic carbocycles. The fraction of sp³-hybridized carbons (Fsp3) is 0.882. The molecule has 0 fully saturated rings. The third-order valence-corrected chi connectivity index (χ3v) is 2.75. The van der Waals surface area contributed by atoms with Crippen molar-refractivity contribution in [2.75, 3.05) is 66.0 Å². The normalized spacial score (nSPS) is 11.1. The van der Waals surface area contributed by atoms with Gasteiger partial charge in [0.2, 0.25) is 0 Å². The Morgan fingerprint density at radius 1 is 0.739 bits per heavy atom. The first-order valence-corrected chi connectivity index (χ1v) is 8.54. The second-order valence-electron chi connectivity index (χ2n) is 5.23. The zero-order valence-electron chi connectivity index (χ0n) is 14.9. The van der Waals surface area contributed by atoms with Crippen molar-refractivity contribution in [3.8, 4) is 0 Å². The zero-order chi connectivity index (χ0) is 17.0. The Balaban J connectivity index is 2.96. The molecule has 6 heteroatoms. The smallest absolute Gasteiger partial charge is 0.0701 e. The lowest BCUT2D eigenvalue weighted by Gasteiger charge is -2.08.